The van der Waals surface area contributed by atoms with Crippen molar-refractivity contribution in [3.63, 3.8) is 0 Å². The topological polar surface area (TPSA) is 0 Å². The Hall–Kier alpha value is -0.560. The highest BCUT2D eigenvalue weighted by Gasteiger charge is 1.90. The molecule has 0 spiro atoms. The molecule has 0 radical (unpaired) electrons. The third-order valence-corrected chi connectivity index (χ3v) is 1.76. The molecule has 0 saturated carbocycles. The number of rotatable bonds is 1. The van der Waals surface area contributed by atoms with Crippen LogP contribution in [0.3, 0.4) is 0 Å². The minimum atomic E-state index is 1.25. The third kappa shape index (κ3) is 2.51. The molecule has 0 aromatic heterocycles. The largest absolute Gasteiger partial charge is 0.0595 e. The van der Waals surface area contributed by atoms with E-state index in [1.54, 1.807) is 0 Å². The van der Waals surface area contributed by atoms with E-state index in [1.807, 2.05) is 11.1 Å². The maximum absolute atomic E-state index is 3.25. The van der Waals surface area contributed by atoms with Crippen LogP contribution in [0.1, 0.15) is 16.7 Å². The van der Waals surface area contributed by atoms with Gasteiger partial charge < -0.3 is 0 Å². The van der Waals surface area contributed by atoms with Crippen LogP contribution in [-0.4, -0.2) is 0 Å². The second kappa shape index (κ2) is 3.72. The van der Waals surface area contributed by atoms with Crippen LogP contribution in [0.15, 0.2) is 23.2 Å². The summed E-state index contributed by atoms with van der Waals surface area (Å²) in [6, 6.07) is 6.49. The molecule has 0 nitrogen and oxygen atoms in total. The first-order valence-electron chi connectivity index (χ1n) is 3.57. The highest BCUT2D eigenvalue weighted by atomic mass is 79.9. The van der Waals surface area contributed by atoms with E-state index in [1.165, 1.54) is 16.7 Å². The molecule has 1 heteroatoms. The summed E-state index contributed by atoms with van der Waals surface area (Å²) < 4.78 is 0. The first kappa shape index (κ1) is 8.54. The van der Waals surface area contributed by atoms with Crippen molar-refractivity contribution < 1.29 is 0 Å². The van der Waals surface area contributed by atoms with Gasteiger partial charge in [0.05, 0.1) is 0 Å². The van der Waals surface area contributed by atoms with Crippen LogP contribution >= 0.6 is 15.9 Å². The van der Waals surface area contributed by atoms with Crippen molar-refractivity contribution in [2.75, 3.05) is 0 Å². The van der Waals surface area contributed by atoms with E-state index in [9.17, 15) is 0 Å². The fourth-order valence-electron chi connectivity index (χ4n) is 1.18. The Bertz CT molecular complexity index is 254. The monoisotopic (exact) mass is 210 g/mol. The highest BCUT2D eigenvalue weighted by Crippen LogP contribution is 2.10. The molecule has 11 heavy (non-hydrogen) atoms. The predicted molar refractivity (Wildman–Crippen MR) is 53.9 cm³/mol. The molecule has 0 fully saturated rings. The molecule has 0 amide bonds. The molecule has 0 unspecified atom stereocenters. The number of hydrogen-bond acceptors (Lipinski definition) is 0. The molecule has 0 aliphatic carbocycles. The van der Waals surface area contributed by atoms with Gasteiger partial charge >= 0.3 is 0 Å². The Labute approximate surface area is 76.1 Å². The van der Waals surface area contributed by atoms with Crippen molar-refractivity contribution in [3.05, 3.63) is 39.9 Å². The van der Waals surface area contributed by atoms with Gasteiger partial charge in [-0.2, -0.15) is 0 Å². The van der Waals surface area contributed by atoms with Gasteiger partial charge in [0.2, 0.25) is 0 Å². The van der Waals surface area contributed by atoms with Crippen LogP contribution in [0, 0.1) is 13.8 Å². The van der Waals surface area contributed by atoms with Crippen LogP contribution in [0.4, 0.5) is 0 Å². The SMILES string of the molecule is Cc1cc(C)cc(/C=C/Br)c1. The van der Waals surface area contributed by atoms with Crippen molar-refractivity contribution in [1.29, 1.82) is 0 Å². The van der Waals surface area contributed by atoms with E-state index < -0.39 is 0 Å². The summed E-state index contributed by atoms with van der Waals surface area (Å²) in [6.07, 6.45) is 2.04. The predicted octanol–water partition coefficient (Wildman–Crippen LogP) is 3.67. The first-order chi connectivity index (χ1) is 5.22. The Morgan fingerprint density at radius 1 is 1.09 bits per heavy atom. The van der Waals surface area contributed by atoms with Crippen LogP contribution in [0.5, 0.6) is 0 Å². The van der Waals surface area contributed by atoms with Crippen LogP contribution in [0.2, 0.25) is 0 Å². The number of aryl methyl sites for hydroxylation is 2. The van der Waals surface area contributed by atoms with Gasteiger partial charge in [-0.1, -0.05) is 45.3 Å². The molecule has 58 valence electrons. The molecular weight excluding hydrogens is 200 g/mol. The maximum Gasteiger partial charge on any atom is -0.0183 e. The standard InChI is InChI=1S/C10H11Br/c1-8-5-9(2)7-10(6-8)3-4-11/h3-7H,1-2H3/b4-3+. The third-order valence-electron chi connectivity index (χ3n) is 1.50. The fourth-order valence-corrected chi connectivity index (χ4v) is 1.48. The lowest BCUT2D eigenvalue weighted by Gasteiger charge is -1.98. The average molecular weight is 211 g/mol. The average Bonchev–Trinajstić information content (AvgIpc) is 1.85. The van der Waals surface area contributed by atoms with E-state index in [0.29, 0.717) is 0 Å². The van der Waals surface area contributed by atoms with E-state index in [2.05, 4.69) is 48.0 Å². The lowest BCUT2D eigenvalue weighted by atomic mass is 10.1. The minimum absolute atomic E-state index is 1.25. The summed E-state index contributed by atoms with van der Waals surface area (Å²) in [6.45, 7) is 4.22. The summed E-state index contributed by atoms with van der Waals surface area (Å²) in [5, 5.41) is 0. The zero-order chi connectivity index (χ0) is 8.27. The fraction of sp³-hybridized carbons (Fsp3) is 0.200. The Balaban J connectivity index is 3.08. The first-order valence-corrected chi connectivity index (χ1v) is 4.49. The van der Waals surface area contributed by atoms with E-state index in [4.69, 9.17) is 0 Å². The summed E-state index contributed by atoms with van der Waals surface area (Å²) in [5.41, 5.74) is 3.87. The molecule has 0 aliphatic rings. The second-order valence-electron chi connectivity index (χ2n) is 2.71. The Kier molecular flexibility index (Phi) is 2.89. The maximum atomic E-state index is 3.25. The van der Waals surface area contributed by atoms with E-state index in [-0.39, 0.29) is 0 Å². The molecule has 1 rings (SSSR count). The van der Waals surface area contributed by atoms with E-state index >= 15 is 0 Å². The molecule has 0 N–H and O–H groups in total. The lowest BCUT2D eigenvalue weighted by molar-refractivity contribution is 1.37. The van der Waals surface area contributed by atoms with E-state index in [0.717, 1.165) is 0 Å². The smallest absolute Gasteiger partial charge is 0.0183 e. The van der Waals surface area contributed by atoms with Gasteiger partial charge in [-0.3, -0.25) is 0 Å². The molecule has 1 aromatic rings. The van der Waals surface area contributed by atoms with Crippen molar-refractivity contribution in [2.45, 2.75) is 13.8 Å². The number of benzene rings is 1. The van der Waals surface area contributed by atoms with Crippen molar-refractivity contribution in [3.8, 4) is 0 Å². The summed E-state index contributed by atoms with van der Waals surface area (Å²) in [5.74, 6) is 0. The van der Waals surface area contributed by atoms with Gasteiger partial charge in [-0.25, -0.2) is 0 Å². The summed E-state index contributed by atoms with van der Waals surface area (Å²) in [4.78, 5) is 1.88. The van der Waals surface area contributed by atoms with Gasteiger partial charge in [-0.15, -0.1) is 0 Å². The molecular formula is C10H11Br. The Morgan fingerprint density at radius 3 is 2.09 bits per heavy atom. The zero-order valence-corrected chi connectivity index (χ0v) is 8.35. The van der Waals surface area contributed by atoms with Gasteiger partial charge in [-0.05, 0) is 30.5 Å². The highest BCUT2D eigenvalue weighted by molar-refractivity contribution is 9.11. The van der Waals surface area contributed by atoms with Gasteiger partial charge in [0.15, 0.2) is 0 Å². The summed E-state index contributed by atoms with van der Waals surface area (Å²) in [7, 11) is 0. The van der Waals surface area contributed by atoms with Crippen molar-refractivity contribution in [1.82, 2.24) is 0 Å². The molecule has 0 bridgehead atoms. The molecule has 0 atom stereocenters. The molecule has 0 aliphatic heterocycles. The number of halogens is 1. The van der Waals surface area contributed by atoms with Gasteiger partial charge in [0.1, 0.15) is 0 Å². The lowest BCUT2D eigenvalue weighted by Crippen LogP contribution is -1.78. The molecule has 0 heterocycles. The zero-order valence-electron chi connectivity index (χ0n) is 6.76. The Morgan fingerprint density at radius 2 is 1.64 bits per heavy atom. The second-order valence-corrected chi connectivity index (χ2v) is 3.24. The summed E-state index contributed by atoms with van der Waals surface area (Å²) >= 11 is 3.25. The van der Waals surface area contributed by atoms with Crippen LogP contribution in [0.25, 0.3) is 6.08 Å². The van der Waals surface area contributed by atoms with Crippen LogP contribution in [-0.2, 0) is 0 Å². The van der Waals surface area contributed by atoms with Crippen LogP contribution < -0.4 is 0 Å². The van der Waals surface area contributed by atoms with Gasteiger partial charge in [0.25, 0.3) is 0 Å². The van der Waals surface area contributed by atoms with Gasteiger partial charge in [0, 0.05) is 0 Å². The number of hydrogen-bond donors (Lipinski definition) is 0. The molecule has 1 aromatic carbocycles. The molecule has 0 saturated heterocycles. The minimum Gasteiger partial charge on any atom is -0.0595 e. The quantitative estimate of drug-likeness (QED) is 0.664. The van der Waals surface area contributed by atoms with Crippen molar-refractivity contribution in [2.24, 2.45) is 0 Å². The van der Waals surface area contributed by atoms with Crippen molar-refractivity contribution >= 4 is 22.0 Å². The normalized spacial score (nSPS) is 10.8.